The maximum Gasteiger partial charge on any atom is 0.285 e. The number of carbonyl (C=O) groups is 1. The zero-order valence-corrected chi connectivity index (χ0v) is 16.4. The first-order valence-electron chi connectivity index (χ1n) is 8.51. The summed E-state index contributed by atoms with van der Waals surface area (Å²) in [6, 6.07) is 11.5. The van der Waals surface area contributed by atoms with E-state index in [0.29, 0.717) is 25.4 Å². The molecule has 2 atom stereocenters. The van der Waals surface area contributed by atoms with Crippen LogP contribution in [0.1, 0.15) is 17.5 Å². The van der Waals surface area contributed by atoms with Gasteiger partial charge in [-0.25, -0.2) is 0 Å². The summed E-state index contributed by atoms with van der Waals surface area (Å²) in [4.78, 5) is 12.0. The van der Waals surface area contributed by atoms with Crippen molar-refractivity contribution in [1.29, 1.82) is 0 Å². The molecule has 0 bridgehead atoms. The second kappa shape index (κ2) is 8.51. The van der Waals surface area contributed by atoms with E-state index in [1.165, 1.54) is 21.4 Å². The van der Waals surface area contributed by atoms with Crippen LogP contribution in [-0.4, -0.2) is 19.1 Å². The molecule has 2 N–H and O–H groups in total. The average molecular weight is 413 g/mol. The minimum Gasteiger partial charge on any atom is -0.381 e. The molecule has 1 fully saturated rings. The Morgan fingerprint density at radius 1 is 1.26 bits per heavy atom. The lowest BCUT2D eigenvalue weighted by Gasteiger charge is -2.17. The molecular weight excluding hydrogens is 393 g/mol. The van der Waals surface area contributed by atoms with Crippen molar-refractivity contribution < 1.29 is 18.3 Å². The van der Waals surface area contributed by atoms with Gasteiger partial charge in [0.2, 0.25) is 5.91 Å². The number of ether oxygens (including phenoxy) is 1. The Balaban J connectivity index is 1.63. The standard InChI is InChI=1S/C19H20ClF2N2O2P/c20-14-3-6-17(16(9-14)19(21,22)27)24-15-4-1-12(2-5-15)10-23-18(25)13-7-8-26-11-13/h1-6,9,13,24H,7-8,10-11,27H2,(H,23,25). The number of nitrogens with one attached hydrogen (secondary N) is 2. The van der Waals surface area contributed by atoms with Crippen molar-refractivity contribution in [3.05, 3.63) is 58.6 Å². The summed E-state index contributed by atoms with van der Waals surface area (Å²) in [6.45, 7) is 1.50. The van der Waals surface area contributed by atoms with Crippen LogP contribution in [0.15, 0.2) is 42.5 Å². The number of amides is 1. The van der Waals surface area contributed by atoms with Gasteiger partial charge in [-0.1, -0.05) is 33.0 Å². The molecule has 4 nitrogen and oxygen atoms in total. The van der Waals surface area contributed by atoms with Crippen molar-refractivity contribution in [3.63, 3.8) is 0 Å². The van der Waals surface area contributed by atoms with Gasteiger partial charge in [0.25, 0.3) is 5.66 Å². The van der Waals surface area contributed by atoms with E-state index in [4.69, 9.17) is 16.3 Å². The Hall–Kier alpha value is -1.75. The van der Waals surface area contributed by atoms with E-state index in [1.54, 1.807) is 18.2 Å². The fraction of sp³-hybridized carbons (Fsp3) is 0.316. The molecular formula is C19H20ClF2N2O2P. The van der Waals surface area contributed by atoms with E-state index in [2.05, 4.69) is 10.6 Å². The predicted molar refractivity (Wildman–Crippen MR) is 106 cm³/mol. The first-order chi connectivity index (χ1) is 12.8. The molecule has 1 heterocycles. The quantitative estimate of drug-likeness (QED) is 0.678. The minimum absolute atomic E-state index is 0.0109. The Labute approximate surface area is 163 Å². The van der Waals surface area contributed by atoms with Crippen LogP contribution in [0.2, 0.25) is 5.02 Å². The van der Waals surface area contributed by atoms with Crippen LogP contribution < -0.4 is 10.6 Å². The van der Waals surface area contributed by atoms with Crippen LogP contribution in [0.25, 0.3) is 0 Å². The number of alkyl halides is 2. The molecule has 0 saturated carbocycles. The smallest absolute Gasteiger partial charge is 0.285 e. The van der Waals surface area contributed by atoms with Gasteiger partial charge >= 0.3 is 0 Å². The van der Waals surface area contributed by atoms with Gasteiger partial charge in [-0.2, -0.15) is 8.78 Å². The Morgan fingerprint density at radius 2 is 2.00 bits per heavy atom. The van der Waals surface area contributed by atoms with Crippen LogP contribution in [-0.2, 0) is 21.7 Å². The number of carbonyl (C=O) groups excluding carboxylic acids is 1. The van der Waals surface area contributed by atoms with Gasteiger partial charge in [-0.3, -0.25) is 4.79 Å². The van der Waals surface area contributed by atoms with Crippen LogP contribution in [0.4, 0.5) is 20.2 Å². The molecule has 3 rings (SSSR count). The summed E-state index contributed by atoms with van der Waals surface area (Å²) in [5, 5.41) is 6.12. The number of anilines is 2. The summed E-state index contributed by atoms with van der Waals surface area (Å²) in [5.74, 6) is -0.0916. The lowest BCUT2D eigenvalue weighted by atomic mass is 10.1. The number of halogens is 3. The van der Waals surface area contributed by atoms with E-state index in [1.807, 2.05) is 12.1 Å². The second-order valence-electron chi connectivity index (χ2n) is 6.41. The molecule has 27 heavy (non-hydrogen) atoms. The predicted octanol–water partition coefficient (Wildman–Crippen LogP) is 4.66. The van der Waals surface area contributed by atoms with E-state index in [9.17, 15) is 13.6 Å². The molecule has 2 aromatic rings. The van der Waals surface area contributed by atoms with Gasteiger partial charge in [0.15, 0.2) is 0 Å². The number of rotatable bonds is 6. The van der Waals surface area contributed by atoms with Crippen LogP contribution >= 0.6 is 20.8 Å². The van der Waals surface area contributed by atoms with Gasteiger partial charge in [-0.05, 0) is 42.3 Å². The molecule has 0 radical (unpaired) electrons. The average Bonchev–Trinajstić information content (AvgIpc) is 3.16. The number of hydrogen-bond donors (Lipinski definition) is 2. The fourth-order valence-electron chi connectivity index (χ4n) is 2.84. The molecule has 1 saturated heterocycles. The lowest BCUT2D eigenvalue weighted by Crippen LogP contribution is -2.30. The molecule has 2 unspecified atom stereocenters. The highest BCUT2D eigenvalue weighted by Gasteiger charge is 2.28. The highest BCUT2D eigenvalue weighted by Crippen LogP contribution is 2.41. The third-order valence-electron chi connectivity index (χ3n) is 4.34. The summed E-state index contributed by atoms with van der Waals surface area (Å²) in [6.07, 6.45) is 0.748. The Morgan fingerprint density at radius 3 is 2.63 bits per heavy atom. The molecule has 1 aliphatic heterocycles. The van der Waals surface area contributed by atoms with Crippen molar-refractivity contribution in [2.24, 2.45) is 5.92 Å². The normalized spacial score (nSPS) is 17.0. The first-order valence-corrected chi connectivity index (χ1v) is 9.46. The zero-order chi connectivity index (χ0) is 19.4. The summed E-state index contributed by atoms with van der Waals surface area (Å²) in [5.41, 5.74) is -1.44. The van der Waals surface area contributed by atoms with E-state index in [0.717, 1.165) is 12.0 Å². The lowest BCUT2D eigenvalue weighted by molar-refractivity contribution is -0.125. The van der Waals surface area contributed by atoms with E-state index < -0.39 is 5.66 Å². The fourth-order valence-corrected chi connectivity index (χ4v) is 3.25. The monoisotopic (exact) mass is 412 g/mol. The molecule has 1 aliphatic rings. The number of hydrogen-bond acceptors (Lipinski definition) is 3. The van der Waals surface area contributed by atoms with Gasteiger partial charge in [0.05, 0.1) is 12.5 Å². The van der Waals surface area contributed by atoms with Gasteiger partial charge < -0.3 is 15.4 Å². The summed E-state index contributed by atoms with van der Waals surface area (Å²) < 4.78 is 32.8. The summed E-state index contributed by atoms with van der Waals surface area (Å²) in [7, 11) is 1.52. The molecule has 0 aromatic heterocycles. The zero-order valence-electron chi connectivity index (χ0n) is 14.5. The van der Waals surface area contributed by atoms with Gasteiger partial charge in [0, 0.05) is 35.1 Å². The Kier molecular flexibility index (Phi) is 6.30. The van der Waals surface area contributed by atoms with E-state index in [-0.39, 0.29) is 28.1 Å². The van der Waals surface area contributed by atoms with Crippen molar-refractivity contribution in [3.8, 4) is 0 Å². The largest absolute Gasteiger partial charge is 0.381 e. The van der Waals surface area contributed by atoms with Gasteiger partial charge in [-0.15, -0.1) is 0 Å². The SMILES string of the molecule is O=C(NCc1ccc(Nc2ccc(Cl)cc2C(F)(F)P)cc1)C1CCOC1. The van der Waals surface area contributed by atoms with Crippen molar-refractivity contribution in [2.75, 3.05) is 18.5 Å². The third-order valence-corrected chi connectivity index (χ3v) is 4.89. The number of benzene rings is 2. The second-order valence-corrected chi connectivity index (χ2v) is 7.57. The van der Waals surface area contributed by atoms with Crippen molar-refractivity contribution >= 4 is 38.1 Å². The highest BCUT2D eigenvalue weighted by atomic mass is 35.5. The van der Waals surface area contributed by atoms with Crippen molar-refractivity contribution in [2.45, 2.75) is 18.6 Å². The molecule has 0 spiro atoms. The molecule has 8 heteroatoms. The highest BCUT2D eigenvalue weighted by molar-refractivity contribution is 7.17. The molecule has 0 aliphatic carbocycles. The maximum absolute atomic E-state index is 13.8. The van der Waals surface area contributed by atoms with Crippen LogP contribution in [0.5, 0.6) is 0 Å². The maximum atomic E-state index is 13.8. The molecule has 2 aromatic carbocycles. The summed E-state index contributed by atoms with van der Waals surface area (Å²) >= 11 is 5.84. The first kappa shape index (κ1) is 20.0. The Bertz CT molecular complexity index is 806. The van der Waals surface area contributed by atoms with E-state index >= 15 is 0 Å². The van der Waals surface area contributed by atoms with Crippen LogP contribution in [0.3, 0.4) is 0 Å². The third kappa shape index (κ3) is 5.38. The van der Waals surface area contributed by atoms with Crippen LogP contribution in [0, 0.1) is 5.92 Å². The van der Waals surface area contributed by atoms with Gasteiger partial charge in [0.1, 0.15) is 0 Å². The van der Waals surface area contributed by atoms with Crippen molar-refractivity contribution in [1.82, 2.24) is 5.32 Å². The topological polar surface area (TPSA) is 50.4 Å². The molecule has 1 amide bonds. The molecule has 144 valence electrons. The minimum atomic E-state index is -3.10.